The minimum absolute atomic E-state index is 0.123. The molecule has 2 heterocycles. The third-order valence-corrected chi connectivity index (χ3v) is 3.20. The Morgan fingerprint density at radius 2 is 1.64 bits per heavy atom. The lowest BCUT2D eigenvalue weighted by molar-refractivity contribution is 0.0579. The second kappa shape index (κ2) is 5.06. The van der Waals surface area contributed by atoms with E-state index >= 15 is 0 Å². The summed E-state index contributed by atoms with van der Waals surface area (Å²) >= 11 is 0. The molecule has 0 atom stereocenters. The fraction of sp³-hybridized carbons (Fsp3) is 0.643. The number of aliphatic hydroxyl groups is 2. The lowest BCUT2D eigenvalue weighted by Crippen LogP contribution is -2.44. The molecule has 8 nitrogen and oxygen atoms in total. The molecule has 22 heavy (non-hydrogen) atoms. The fourth-order valence-corrected chi connectivity index (χ4v) is 2.39. The first-order valence-electron chi connectivity index (χ1n) is 7.00. The average Bonchev–Trinajstić information content (AvgIpc) is 2.72. The van der Waals surface area contributed by atoms with Crippen LogP contribution in [0.25, 0.3) is 11.2 Å². The molecule has 0 aromatic carbocycles. The van der Waals surface area contributed by atoms with Crippen LogP contribution in [0.1, 0.15) is 27.7 Å². The van der Waals surface area contributed by atoms with Gasteiger partial charge in [-0.3, -0.25) is 13.9 Å². The molecule has 2 rings (SSSR count). The Morgan fingerprint density at radius 3 is 2.14 bits per heavy atom. The molecule has 0 spiro atoms. The molecule has 0 aliphatic heterocycles. The Hall–Kier alpha value is -1.93. The number of hydrogen-bond acceptors (Lipinski definition) is 5. The molecule has 2 N–H and O–H groups in total. The molecule has 122 valence electrons. The van der Waals surface area contributed by atoms with E-state index in [1.165, 1.54) is 36.4 Å². The van der Waals surface area contributed by atoms with Gasteiger partial charge in [0.15, 0.2) is 11.2 Å². The molecule has 0 amide bonds. The van der Waals surface area contributed by atoms with Crippen molar-refractivity contribution in [2.45, 2.75) is 52.0 Å². The molecule has 8 heteroatoms. The summed E-state index contributed by atoms with van der Waals surface area (Å²) in [6.07, 6.45) is 1.43. The highest BCUT2D eigenvalue weighted by Gasteiger charge is 2.23. The van der Waals surface area contributed by atoms with Gasteiger partial charge in [-0.05, 0) is 27.7 Å². The van der Waals surface area contributed by atoms with Gasteiger partial charge >= 0.3 is 5.69 Å². The lowest BCUT2D eigenvalue weighted by atomic mass is 10.1. The fourth-order valence-electron chi connectivity index (χ4n) is 2.39. The van der Waals surface area contributed by atoms with Crippen molar-refractivity contribution < 1.29 is 10.2 Å². The SMILES string of the molecule is Cn1c(=O)n(CC(C)(C)O)c(=O)c2c1ncn2CC(C)(C)O. The van der Waals surface area contributed by atoms with Crippen LogP contribution in [0, 0.1) is 0 Å². The number of aromatic nitrogens is 4. The van der Waals surface area contributed by atoms with E-state index < -0.39 is 22.5 Å². The van der Waals surface area contributed by atoms with Crippen LogP contribution < -0.4 is 11.2 Å². The quantitative estimate of drug-likeness (QED) is 0.788. The van der Waals surface area contributed by atoms with Crippen molar-refractivity contribution in [1.29, 1.82) is 0 Å². The molecule has 0 aliphatic carbocycles. The lowest BCUT2D eigenvalue weighted by Gasteiger charge is -2.20. The minimum Gasteiger partial charge on any atom is -0.389 e. The molecule has 0 aliphatic rings. The average molecular weight is 310 g/mol. The van der Waals surface area contributed by atoms with E-state index in [1.54, 1.807) is 13.8 Å². The van der Waals surface area contributed by atoms with E-state index in [1.807, 2.05) is 0 Å². The molecule has 0 bridgehead atoms. The van der Waals surface area contributed by atoms with Gasteiger partial charge in [0.2, 0.25) is 0 Å². The van der Waals surface area contributed by atoms with Crippen LogP contribution >= 0.6 is 0 Å². The van der Waals surface area contributed by atoms with Crippen LogP contribution in [-0.2, 0) is 20.1 Å². The van der Waals surface area contributed by atoms with Gasteiger partial charge in [-0.1, -0.05) is 0 Å². The molecule has 0 saturated carbocycles. The first-order chi connectivity index (χ1) is 9.91. The van der Waals surface area contributed by atoms with Crippen molar-refractivity contribution >= 4 is 11.2 Å². The summed E-state index contributed by atoms with van der Waals surface area (Å²) in [5, 5.41) is 19.9. The normalized spacial score (nSPS) is 13.0. The zero-order valence-electron chi connectivity index (χ0n) is 13.5. The van der Waals surface area contributed by atoms with Crippen LogP contribution in [-0.4, -0.2) is 40.1 Å². The van der Waals surface area contributed by atoms with Crippen molar-refractivity contribution in [2.24, 2.45) is 7.05 Å². The van der Waals surface area contributed by atoms with Gasteiger partial charge in [-0.25, -0.2) is 9.78 Å². The molecule has 0 unspecified atom stereocenters. The maximum atomic E-state index is 12.6. The summed E-state index contributed by atoms with van der Waals surface area (Å²) < 4.78 is 3.78. The van der Waals surface area contributed by atoms with E-state index in [4.69, 9.17) is 0 Å². The summed E-state index contributed by atoms with van der Waals surface area (Å²) in [6, 6.07) is 0. The van der Waals surface area contributed by atoms with Gasteiger partial charge in [0, 0.05) is 7.05 Å². The van der Waals surface area contributed by atoms with Gasteiger partial charge in [-0.2, -0.15) is 0 Å². The Balaban J connectivity index is 2.76. The Bertz CT molecular complexity index is 815. The maximum Gasteiger partial charge on any atom is 0.332 e. The number of imidazole rings is 1. The third kappa shape index (κ3) is 3.12. The van der Waals surface area contributed by atoms with Crippen molar-refractivity contribution in [2.75, 3.05) is 0 Å². The van der Waals surface area contributed by atoms with Gasteiger partial charge in [0.25, 0.3) is 5.56 Å². The van der Waals surface area contributed by atoms with Gasteiger partial charge in [0.1, 0.15) is 0 Å². The molecular weight excluding hydrogens is 288 g/mol. The second-order valence-electron chi connectivity index (χ2n) is 6.90. The molecule has 2 aromatic rings. The Labute approximate surface area is 127 Å². The predicted molar refractivity (Wildman–Crippen MR) is 81.8 cm³/mol. The largest absolute Gasteiger partial charge is 0.389 e. The monoisotopic (exact) mass is 310 g/mol. The number of hydrogen-bond donors (Lipinski definition) is 2. The van der Waals surface area contributed by atoms with E-state index in [9.17, 15) is 19.8 Å². The zero-order chi connectivity index (χ0) is 16.9. The Morgan fingerprint density at radius 1 is 1.09 bits per heavy atom. The van der Waals surface area contributed by atoms with Gasteiger partial charge in [0.05, 0.1) is 30.6 Å². The summed E-state index contributed by atoms with van der Waals surface area (Å²) in [6.45, 7) is 6.34. The number of aryl methyl sites for hydroxylation is 1. The minimum atomic E-state index is -1.20. The standard InChI is InChI=1S/C14H22N4O4/c1-13(2,21)6-17-8-15-10-9(17)11(19)18(7-14(3,4)22)12(20)16(10)5/h8,21-22H,6-7H2,1-5H3. The third-order valence-electron chi connectivity index (χ3n) is 3.20. The van der Waals surface area contributed by atoms with Gasteiger partial charge < -0.3 is 14.8 Å². The second-order valence-corrected chi connectivity index (χ2v) is 6.90. The van der Waals surface area contributed by atoms with Crippen molar-refractivity contribution in [3.63, 3.8) is 0 Å². The topological polar surface area (TPSA) is 102 Å². The molecule has 2 aromatic heterocycles. The van der Waals surface area contributed by atoms with Crippen LogP contribution in [0.5, 0.6) is 0 Å². The highest BCUT2D eigenvalue weighted by molar-refractivity contribution is 5.70. The van der Waals surface area contributed by atoms with Crippen LogP contribution in [0.2, 0.25) is 0 Å². The van der Waals surface area contributed by atoms with E-state index in [0.717, 1.165) is 4.57 Å². The number of rotatable bonds is 4. The molecule has 0 fully saturated rings. The van der Waals surface area contributed by atoms with Crippen LogP contribution in [0.4, 0.5) is 0 Å². The van der Waals surface area contributed by atoms with Gasteiger partial charge in [-0.15, -0.1) is 0 Å². The summed E-state index contributed by atoms with van der Waals surface area (Å²) in [4.78, 5) is 29.0. The van der Waals surface area contributed by atoms with Crippen molar-refractivity contribution in [3.8, 4) is 0 Å². The number of nitrogens with zero attached hydrogens (tertiary/aromatic N) is 4. The van der Waals surface area contributed by atoms with Crippen molar-refractivity contribution in [1.82, 2.24) is 18.7 Å². The van der Waals surface area contributed by atoms with Crippen LogP contribution in [0.3, 0.4) is 0 Å². The van der Waals surface area contributed by atoms with E-state index in [-0.39, 0.29) is 24.3 Å². The highest BCUT2D eigenvalue weighted by atomic mass is 16.3. The first-order valence-corrected chi connectivity index (χ1v) is 7.00. The van der Waals surface area contributed by atoms with E-state index in [2.05, 4.69) is 4.98 Å². The predicted octanol–water partition coefficient (Wildman–Crippen LogP) is -0.561. The van der Waals surface area contributed by atoms with Crippen LogP contribution in [0.15, 0.2) is 15.9 Å². The maximum absolute atomic E-state index is 12.6. The zero-order valence-corrected chi connectivity index (χ0v) is 13.5. The summed E-state index contributed by atoms with van der Waals surface area (Å²) in [7, 11) is 1.52. The Kier molecular flexibility index (Phi) is 3.78. The first kappa shape index (κ1) is 16.4. The van der Waals surface area contributed by atoms with E-state index in [0.29, 0.717) is 0 Å². The molecular formula is C14H22N4O4. The summed E-state index contributed by atoms with van der Waals surface area (Å²) in [5.41, 5.74) is -2.81. The molecule has 0 saturated heterocycles. The molecule has 0 radical (unpaired) electrons. The van der Waals surface area contributed by atoms with Crippen molar-refractivity contribution in [3.05, 3.63) is 27.2 Å². The number of fused-ring (bicyclic) bond motifs is 1. The highest BCUT2D eigenvalue weighted by Crippen LogP contribution is 2.12. The summed E-state index contributed by atoms with van der Waals surface area (Å²) in [5.74, 6) is 0. The smallest absolute Gasteiger partial charge is 0.332 e.